The molecule has 1 aromatic carbocycles. The van der Waals surface area contributed by atoms with Crippen LogP contribution in [0.15, 0.2) is 53.2 Å². The maximum absolute atomic E-state index is 12.0. The van der Waals surface area contributed by atoms with E-state index < -0.39 is 0 Å². The minimum atomic E-state index is -0.165. The number of thiazole rings is 1. The average molecular weight is 369 g/mol. The molecule has 3 nitrogen and oxygen atoms in total. The molecule has 1 unspecified atom stereocenters. The number of thiophene rings is 1. The van der Waals surface area contributed by atoms with Gasteiger partial charge in [-0.2, -0.15) is 0 Å². The molecule has 0 aliphatic heterocycles. The molecule has 3 aromatic rings. The molecule has 0 aliphatic rings. The van der Waals surface area contributed by atoms with Crippen LogP contribution in [0.5, 0.6) is 0 Å². The molecule has 2 heterocycles. The summed E-state index contributed by atoms with van der Waals surface area (Å²) in [7, 11) is 0. The standard InChI is InChI=1S/C20H20N2OS2/c1-3-14(2)15-6-8-16(9-7-15)18-13-25-20(21-18)22-19(23)11-10-17-5-4-12-24-17/h4-14H,3H2,1-2H3,(H,21,22,23)/b11-10+. The zero-order valence-corrected chi connectivity index (χ0v) is 15.9. The summed E-state index contributed by atoms with van der Waals surface area (Å²) in [5, 5.41) is 7.38. The molecule has 0 radical (unpaired) electrons. The number of nitrogens with one attached hydrogen (secondary N) is 1. The second kappa shape index (κ2) is 8.23. The summed E-state index contributed by atoms with van der Waals surface area (Å²) in [6.45, 7) is 4.43. The third-order valence-electron chi connectivity index (χ3n) is 4.06. The van der Waals surface area contributed by atoms with E-state index >= 15 is 0 Å². The molecule has 1 atom stereocenters. The third kappa shape index (κ3) is 4.65. The lowest BCUT2D eigenvalue weighted by Gasteiger charge is -2.08. The van der Waals surface area contributed by atoms with Crippen LogP contribution in [0.2, 0.25) is 0 Å². The Bertz CT molecular complexity index is 848. The van der Waals surface area contributed by atoms with E-state index in [0.717, 1.165) is 22.6 Å². The quantitative estimate of drug-likeness (QED) is 0.539. The van der Waals surface area contributed by atoms with Crippen LogP contribution in [0.1, 0.15) is 36.6 Å². The van der Waals surface area contributed by atoms with Crippen LogP contribution >= 0.6 is 22.7 Å². The van der Waals surface area contributed by atoms with E-state index in [-0.39, 0.29) is 5.91 Å². The summed E-state index contributed by atoms with van der Waals surface area (Å²) in [6, 6.07) is 12.4. The van der Waals surface area contributed by atoms with Gasteiger partial charge in [-0.3, -0.25) is 10.1 Å². The van der Waals surface area contributed by atoms with Gasteiger partial charge in [0.25, 0.3) is 0 Å². The van der Waals surface area contributed by atoms with Crippen LogP contribution in [0.25, 0.3) is 17.3 Å². The number of rotatable bonds is 6. The highest BCUT2D eigenvalue weighted by atomic mass is 32.1. The summed E-state index contributed by atoms with van der Waals surface area (Å²) < 4.78 is 0. The van der Waals surface area contributed by atoms with Gasteiger partial charge in [0, 0.05) is 21.9 Å². The summed E-state index contributed by atoms with van der Waals surface area (Å²) >= 11 is 3.03. The maximum Gasteiger partial charge on any atom is 0.250 e. The first-order valence-electron chi connectivity index (χ1n) is 8.24. The Morgan fingerprint density at radius 2 is 2.04 bits per heavy atom. The van der Waals surface area contributed by atoms with Crippen molar-refractivity contribution >= 4 is 39.8 Å². The van der Waals surface area contributed by atoms with Crippen LogP contribution in [0.3, 0.4) is 0 Å². The van der Waals surface area contributed by atoms with Gasteiger partial charge < -0.3 is 0 Å². The predicted molar refractivity (Wildman–Crippen MR) is 108 cm³/mol. The first kappa shape index (κ1) is 17.6. The zero-order valence-electron chi connectivity index (χ0n) is 14.2. The predicted octanol–water partition coefficient (Wildman–Crippen LogP) is 6.04. The molecule has 0 saturated heterocycles. The van der Waals surface area contributed by atoms with Crippen molar-refractivity contribution in [2.45, 2.75) is 26.2 Å². The number of nitrogens with zero attached hydrogens (tertiary/aromatic N) is 1. The number of amides is 1. The molecule has 1 N–H and O–H groups in total. The van der Waals surface area contributed by atoms with Gasteiger partial charge in [-0.1, -0.05) is 44.2 Å². The fraction of sp³-hybridized carbons (Fsp3) is 0.200. The van der Waals surface area contributed by atoms with Crippen molar-refractivity contribution in [3.8, 4) is 11.3 Å². The molecule has 0 aliphatic carbocycles. The fourth-order valence-corrected chi connectivity index (χ4v) is 3.71. The van der Waals surface area contributed by atoms with E-state index in [1.165, 1.54) is 23.0 Å². The van der Waals surface area contributed by atoms with Gasteiger partial charge >= 0.3 is 0 Å². The largest absolute Gasteiger partial charge is 0.298 e. The molecule has 0 saturated carbocycles. The Morgan fingerprint density at radius 3 is 2.72 bits per heavy atom. The second-order valence-corrected chi connectivity index (χ2v) is 7.64. The van der Waals surface area contributed by atoms with E-state index in [4.69, 9.17) is 0 Å². The lowest BCUT2D eigenvalue weighted by Crippen LogP contribution is -2.07. The number of benzene rings is 1. The summed E-state index contributed by atoms with van der Waals surface area (Å²) in [5.74, 6) is 0.399. The van der Waals surface area contributed by atoms with Crippen LogP contribution in [0.4, 0.5) is 5.13 Å². The van der Waals surface area contributed by atoms with Gasteiger partial charge in [-0.25, -0.2) is 4.98 Å². The Morgan fingerprint density at radius 1 is 1.24 bits per heavy atom. The minimum Gasteiger partial charge on any atom is -0.298 e. The summed E-state index contributed by atoms with van der Waals surface area (Å²) in [5.41, 5.74) is 3.30. The van der Waals surface area contributed by atoms with Gasteiger partial charge in [0.2, 0.25) is 5.91 Å². The lowest BCUT2D eigenvalue weighted by molar-refractivity contribution is -0.111. The molecule has 25 heavy (non-hydrogen) atoms. The fourth-order valence-electron chi connectivity index (χ4n) is 2.37. The van der Waals surface area contributed by atoms with Crippen LogP contribution in [-0.4, -0.2) is 10.9 Å². The molecule has 0 bridgehead atoms. The monoisotopic (exact) mass is 368 g/mol. The van der Waals surface area contributed by atoms with Gasteiger partial charge in [-0.15, -0.1) is 22.7 Å². The lowest BCUT2D eigenvalue weighted by atomic mass is 9.97. The molecular weight excluding hydrogens is 348 g/mol. The topological polar surface area (TPSA) is 42.0 Å². The minimum absolute atomic E-state index is 0.165. The highest BCUT2D eigenvalue weighted by Gasteiger charge is 2.08. The van der Waals surface area contributed by atoms with Crippen molar-refractivity contribution < 1.29 is 4.79 Å². The smallest absolute Gasteiger partial charge is 0.250 e. The van der Waals surface area contributed by atoms with Crippen molar-refractivity contribution in [3.63, 3.8) is 0 Å². The number of carbonyl (C=O) groups excluding carboxylic acids is 1. The first-order valence-corrected chi connectivity index (χ1v) is 10.00. The van der Waals surface area contributed by atoms with E-state index in [1.807, 2.05) is 29.0 Å². The van der Waals surface area contributed by atoms with Crippen LogP contribution in [0, 0.1) is 0 Å². The second-order valence-electron chi connectivity index (χ2n) is 5.81. The number of hydrogen-bond acceptors (Lipinski definition) is 4. The average Bonchev–Trinajstić information content (AvgIpc) is 3.31. The highest BCUT2D eigenvalue weighted by molar-refractivity contribution is 7.14. The van der Waals surface area contributed by atoms with Crippen LogP contribution < -0.4 is 5.32 Å². The molecule has 3 rings (SSSR count). The number of anilines is 1. The Hall–Kier alpha value is -2.24. The first-order chi connectivity index (χ1) is 12.2. The van der Waals surface area contributed by atoms with Crippen molar-refractivity contribution in [3.05, 3.63) is 63.7 Å². The molecule has 5 heteroatoms. The van der Waals surface area contributed by atoms with E-state index in [0.29, 0.717) is 11.0 Å². The van der Waals surface area contributed by atoms with E-state index in [9.17, 15) is 4.79 Å². The Kier molecular flexibility index (Phi) is 5.79. The molecule has 0 spiro atoms. The SMILES string of the molecule is CCC(C)c1ccc(-c2csc(NC(=O)/C=C/c3cccs3)n2)cc1. The third-order valence-corrected chi connectivity index (χ3v) is 5.66. The number of hydrogen-bond donors (Lipinski definition) is 1. The highest BCUT2D eigenvalue weighted by Crippen LogP contribution is 2.27. The Balaban J connectivity index is 1.65. The van der Waals surface area contributed by atoms with E-state index in [2.05, 4.69) is 48.4 Å². The maximum atomic E-state index is 12.0. The van der Waals surface area contributed by atoms with Gasteiger partial charge in [0.15, 0.2) is 5.13 Å². The zero-order chi connectivity index (χ0) is 17.6. The van der Waals surface area contributed by atoms with Gasteiger partial charge in [0.1, 0.15) is 0 Å². The summed E-state index contributed by atoms with van der Waals surface area (Å²) in [6.07, 6.45) is 4.47. The van der Waals surface area contributed by atoms with E-state index in [1.54, 1.807) is 11.3 Å². The van der Waals surface area contributed by atoms with Gasteiger partial charge in [-0.05, 0) is 35.4 Å². The molecule has 1 amide bonds. The van der Waals surface area contributed by atoms with Crippen molar-refractivity contribution in [2.75, 3.05) is 5.32 Å². The van der Waals surface area contributed by atoms with Crippen molar-refractivity contribution in [1.82, 2.24) is 4.98 Å². The number of carbonyl (C=O) groups is 1. The van der Waals surface area contributed by atoms with Gasteiger partial charge in [0.05, 0.1) is 5.69 Å². The summed E-state index contributed by atoms with van der Waals surface area (Å²) in [4.78, 5) is 17.5. The van der Waals surface area contributed by atoms with Crippen LogP contribution in [-0.2, 0) is 4.79 Å². The molecule has 2 aromatic heterocycles. The molecular formula is C20H20N2OS2. The molecule has 0 fully saturated rings. The normalized spacial score (nSPS) is 12.4. The number of aromatic nitrogens is 1. The Labute approximate surface area is 156 Å². The van der Waals surface area contributed by atoms with Crippen molar-refractivity contribution in [2.24, 2.45) is 0 Å². The van der Waals surface area contributed by atoms with Crippen molar-refractivity contribution in [1.29, 1.82) is 0 Å². The molecule has 128 valence electrons.